The maximum absolute atomic E-state index is 13.4. The number of nitrogen functional groups attached to an aromatic ring is 1. The molecule has 2 aromatic carbocycles. The number of nitrogens with zero attached hydrogens (tertiary/aromatic N) is 2. The second-order valence-corrected chi connectivity index (χ2v) is 8.46. The highest BCUT2D eigenvalue weighted by Crippen LogP contribution is 2.39. The molecule has 31 heavy (non-hydrogen) atoms. The summed E-state index contributed by atoms with van der Waals surface area (Å²) in [5.41, 5.74) is 7.85. The summed E-state index contributed by atoms with van der Waals surface area (Å²) in [6.07, 6.45) is 6.52. The van der Waals surface area contributed by atoms with Gasteiger partial charge in [0.05, 0.1) is 5.69 Å². The molecule has 3 N–H and O–H groups in total. The minimum Gasteiger partial charge on any atom is -0.474 e. The van der Waals surface area contributed by atoms with Crippen molar-refractivity contribution in [2.75, 3.05) is 31.1 Å². The Bertz CT molecular complexity index is 909. The van der Waals surface area contributed by atoms with Gasteiger partial charge in [-0.2, -0.15) is 0 Å². The first-order valence-electron chi connectivity index (χ1n) is 11.4. The number of fused-ring (bicyclic) bond motifs is 1. The Morgan fingerprint density at radius 3 is 2.48 bits per heavy atom. The van der Waals surface area contributed by atoms with Crippen LogP contribution < -0.4 is 15.4 Å². The van der Waals surface area contributed by atoms with E-state index in [1.54, 1.807) is 12.1 Å². The lowest BCUT2D eigenvalue weighted by Crippen LogP contribution is -2.42. The van der Waals surface area contributed by atoms with Crippen molar-refractivity contribution >= 4 is 17.4 Å². The van der Waals surface area contributed by atoms with Gasteiger partial charge in [-0.15, -0.1) is 0 Å². The van der Waals surface area contributed by atoms with Gasteiger partial charge in [0, 0.05) is 17.7 Å². The monoisotopic (exact) mass is 420 g/mol. The molecular weight excluding hydrogens is 388 g/mol. The molecule has 1 unspecified atom stereocenters. The lowest BCUT2D eigenvalue weighted by Gasteiger charge is -2.35. The fourth-order valence-electron chi connectivity index (χ4n) is 4.47. The van der Waals surface area contributed by atoms with Crippen molar-refractivity contribution in [3.05, 3.63) is 59.7 Å². The molecule has 2 heterocycles. The molecule has 2 aromatic rings. The van der Waals surface area contributed by atoms with E-state index < -0.39 is 6.10 Å². The van der Waals surface area contributed by atoms with Crippen molar-refractivity contribution < 1.29 is 9.53 Å². The number of carbonyl (C=O) groups is 1. The molecule has 6 heteroatoms. The maximum Gasteiger partial charge on any atom is 0.272 e. The van der Waals surface area contributed by atoms with Crippen molar-refractivity contribution in [3.8, 4) is 5.75 Å². The largest absolute Gasteiger partial charge is 0.474 e. The third-order valence-electron chi connectivity index (χ3n) is 6.20. The van der Waals surface area contributed by atoms with E-state index in [9.17, 15) is 4.79 Å². The highest BCUT2D eigenvalue weighted by Gasteiger charge is 2.35. The first kappa shape index (κ1) is 21.4. The van der Waals surface area contributed by atoms with Crippen LogP contribution in [0.4, 0.5) is 5.69 Å². The normalized spacial score (nSPS) is 19.0. The number of ether oxygens (including phenoxy) is 1. The van der Waals surface area contributed by atoms with Gasteiger partial charge < -0.3 is 20.3 Å². The van der Waals surface area contributed by atoms with Crippen molar-refractivity contribution in [3.63, 3.8) is 0 Å². The van der Waals surface area contributed by atoms with Crippen molar-refractivity contribution in [1.82, 2.24) is 4.90 Å². The zero-order valence-electron chi connectivity index (χ0n) is 18.1. The van der Waals surface area contributed by atoms with Crippen LogP contribution in [0.3, 0.4) is 0 Å². The summed E-state index contributed by atoms with van der Waals surface area (Å²) >= 11 is 0. The summed E-state index contributed by atoms with van der Waals surface area (Å²) in [5.74, 6) is 0.587. The zero-order valence-corrected chi connectivity index (χ0v) is 18.1. The molecule has 1 fully saturated rings. The average Bonchev–Trinajstić information content (AvgIpc) is 2.80. The Balaban J connectivity index is 1.46. The first-order valence-corrected chi connectivity index (χ1v) is 11.4. The fraction of sp³-hybridized carbons (Fsp3) is 0.440. The molecule has 164 valence electrons. The number of hydrogen-bond donors (Lipinski definition) is 2. The van der Waals surface area contributed by atoms with Gasteiger partial charge in [-0.3, -0.25) is 10.2 Å². The first-order chi connectivity index (χ1) is 15.1. The third kappa shape index (κ3) is 5.07. The molecule has 2 aliphatic rings. The van der Waals surface area contributed by atoms with Gasteiger partial charge in [-0.25, -0.2) is 0 Å². The van der Waals surface area contributed by atoms with Crippen LogP contribution in [0.25, 0.3) is 0 Å². The van der Waals surface area contributed by atoms with Gasteiger partial charge in [0.25, 0.3) is 5.91 Å². The Morgan fingerprint density at radius 2 is 1.74 bits per heavy atom. The van der Waals surface area contributed by atoms with E-state index in [0.717, 1.165) is 31.4 Å². The molecule has 2 aliphatic heterocycles. The van der Waals surface area contributed by atoms with E-state index in [1.165, 1.54) is 32.4 Å². The number of nitrogens with two attached hydrogens (primary N) is 1. The van der Waals surface area contributed by atoms with Crippen LogP contribution in [0.2, 0.25) is 0 Å². The number of anilines is 1. The summed E-state index contributed by atoms with van der Waals surface area (Å²) in [6, 6.07) is 15.0. The van der Waals surface area contributed by atoms with Gasteiger partial charge in [-0.1, -0.05) is 43.2 Å². The molecule has 1 amide bonds. The molecule has 1 atom stereocenters. The maximum atomic E-state index is 13.4. The molecular formula is C25H32N4O2. The second kappa shape index (κ2) is 9.96. The van der Waals surface area contributed by atoms with Crippen LogP contribution >= 0.6 is 0 Å². The number of hydrogen-bond acceptors (Lipinski definition) is 4. The number of amidine groups is 1. The molecule has 0 aromatic heterocycles. The van der Waals surface area contributed by atoms with E-state index in [2.05, 4.69) is 4.90 Å². The van der Waals surface area contributed by atoms with Crippen LogP contribution in [-0.2, 0) is 4.79 Å². The SMILES string of the molecule is N=C(N)c1ccc2c(c1)N(CCCCCN1CCCCC1)C(=O)C(c1ccccc1)O2. The van der Waals surface area contributed by atoms with Crippen molar-refractivity contribution in [2.45, 2.75) is 44.6 Å². The predicted octanol–water partition coefficient (Wildman–Crippen LogP) is 4.09. The second-order valence-electron chi connectivity index (χ2n) is 8.46. The van der Waals surface area contributed by atoms with Gasteiger partial charge in [0.2, 0.25) is 6.10 Å². The van der Waals surface area contributed by atoms with E-state index >= 15 is 0 Å². The molecule has 0 radical (unpaired) electrons. The number of rotatable bonds is 8. The Hall–Kier alpha value is -2.86. The van der Waals surface area contributed by atoms with Crippen LogP contribution in [-0.4, -0.2) is 42.8 Å². The number of unbranched alkanes of at least 4 members (excludes halogenated alkanes) is 2. The lowest BCUT2D eigenvalue weighted by atomic mass is 10.0. The van der Waals surface area contributed by atoms with Crippen molar-refractivity contribution in [2.24, 2.45) is 5.73 Å². The van der Waals surface area contributed by atoms with E-state index in [1.807, 2.05) is 41.3 Å². The quantitative estimate of drug-likeness (QED) is 0.383. The Morgan fingerprint density at radius 1 is 1.00 bits per heavy atom. The number of likely N-dealkylation sites (tertiary alicyclic amines) is 1. The molecule has 0 saturated carbocycles. The van der Waals surface area contributed by atoms with Crippen LogP contribution in [0.5, 0.6) is 5.75 Å². The zero-order chi connectivity index (χ0) is 21.6. The summed E-state index contributed by atoms with van der Waals surface area (Å²) in [4.78, 5) is 17.8. The smallest absolute Gasteiger partial charge is 0.272 e. The minimum atomic E-state index is -0.648. The Labute approximate surface area is 184 Å². The van der Waals surface area contributed by atoms with Crippen LogP contribution in [0.15, 0.2) is 48.5 Å². The highest BCUT2D eigenvalue weighted by atomic mass is 16.5. The van der Waals surface area contributed by atoms with Gasteiger partial charge in [0.15, 0.2) is 0 Å². The number of carbonyl (C=O) groups excluding carboxylic acids is 1. The van der Waals surface area contributed by atoms with Crippen LogP contribution in [0.1, 0.15) is 55.8 Å². The minimum absolute atomic E-state index is 0.0121. The van der Waals surface area contributed by atoms with E-state index in [-0.39, 0.29) is 11.7 Å². The summed E-state index contributed by atoms with van der Waals surface area (Å²) in [6.45, 7) is 4.23. The van der Waals surface area contributed by atoms with E-state index in [4.69, 9.17) is 15.9 Å². The summed E-state index contributed by atoms with van der Waals surface area (Å²) < 4.78 is 6.09. The standard InChI is InChI=1S/C25H32N4O2/c26-24(27)20-12-13-22-21(18-20)29(17-9-3-8-16-28-14-6-2-7-15-28)25(30)23(31-22)19-10-4-1-5-11-19/h1,4-5,10-13,18,23H,2-3,6-9,14-17H2,(H3,26,27). The average molecular weight is 421 g/mol. The molecule has 1 saturated heterocycles. The van der Waals surface area contributed by atoms with E-state index in [0.29, 0.717) is 23.5 Å². The molecule has 6 nitrogen and oxygen atoms in total. The lowest BCUT2D eigenvalue weighted by molar-refractivity contribution is -0.126. The Kier molecular flexibility index (Phi) is 6.87. The summed E-state index contributed by atoms with van der Waals surface area (Å²) in [5, 5.41) is 7.76. The highest BCUT2D eigenvalue weighted by molar-refractivity contribution is 6.03. The van der Waals surface area contributed by atoms with Gasteiger partial charge in [0.1, 0.15) is 11.6 Å². The molecule has 4 rings (SSSR count). The van der Waals surface area contributed by atoms with Gasteiger partial charge >= 0.3 is 0 Å². The topological polar surface area (TPSA) is 82.7 Å². The molecule has 0 spiro atoms. The van der Waals surface area contributed by atoms with Crippen molar-refractivity contribution in [1.29, 1.82) is 5.41 Å². The summed E-state index contributed by atoms with van der Waals surface area (Å²) in [7, 11) is 0. The molecule has 0 aliphatic carbocycles. The van der Waals surface area contributed by atoms with Crippen LogP contribution in [0, 0.1) is 5.41 Å². The van der Waals surface area contributed by atoms with Gasteiger partial charge in [-0.05, 0) is 63.5 Å². The number of piperidine rings is 1. The predicted molar refractivity (Wildman–Crippen MR) is 124 cm³/mol. The molecule has 0 bridgehead atoms. The fourth-order valence-corrected chi connectivity index (χ4v) is 4.47. The number of nitrogens with one attached hydrogen (secondary N) is 1. The number of benzene rings is 2. The number of amides is 1. The third-order valence-corrected chi connectivity index (χ3v) is 6.20.